The highest BCUT2D eigenvalue weighted by molar-refractivity contribution is 9.10. The number of aromatic nitrogens is 2. The molecule has 0 aliphatic rings. The SMILES string of the molecule is C=CCc1cc(C=Nn2c(C(C)(C)C)nc3ccc(Br)cc3c2=O)cc(OC)c1OCc1ccc(C)cc1. The Balaban J connectivity index is 1.76. The van der Waals surface area contributed by atoms with E-state index < -0.39 is 5.41 Å². The maximum Gasteiger partial charge on any atom is 0.282 e. The Morgan fingerprint density at radius 3 is 2.50 bits per heavy atom. The van der Waals surface area contributed by atoms with Gasteiger partial charge in [-0.3, -0.25) is 4.79 Å². The van der Waals surface area contributed by atoms with Crippen LogP contribution in [0.3, 0.4) is 0 Å². The summed E-state index contributed by atoms with van der Waals surface area (Å²) in [5, 5.41) is 5.10. The van der Waals surface area contributed by atoms with Gasteiger partial charge < -0.3 is 9.47 Å². The van der Waals surface area contributed by atoms with Crippen LogP contribution in [0.1, 0.15) is 48.8 Å². The molecule has 0 unspecified atom stereocenters. The van der Waals surface area contributed by atoms with E-state index in [1.54, 1.807) is 19.4 Å². The number of ether oxygens (including phenoxy) is 2. The number of methoxy groups -OCH3 is 1. The number of fused-ring (bicyclic) bond motifs is 1. The maximum atomic E-state index is 13.5. The molecule has 38 heavy (non-hydrogen) atoms. The molecule has 0 saturated carbocycles. The molecule has 0 amide bonds. The summed E-state index contributed by atoms with van der Waals surface area (Å²) in [5.74, 6) is 1.82. The summed E-state index contributed by atoms with van der Waals surface area (Å²) in [6.45, 7) is 12.4. The van der Waals surface area contributed by atoms with Crippen LogP contribution in [-0.4, -0.2) is 23.0 Å². The molecule has 196 valence electrons. The molecule has 0 aliphatic heterocycles. The third-order valence-electron chi connectivity index (χ3n) is 6.04. The number of allylic oxidation sites excluding steroid dienone is 1. The van der Waals surface area contributed by atoms with Crippen LogP contribution in [0.5, 0.6) is 11.5 Å². The molecule has 3 aromatic carbocycles. The quantitative estimate of drug-likeness (QED) is 0.169. The van der Waals surface area contributed by atoms with Crippen molar-refractivity contribution < 1.29 is 9.47 Å². The van der Waals surface area contributed by atoms with Crippen LogP contribution in [-0.2, 0) is 18.4 Å². The minimum Gasteiger partial charge on any atom is -0.493 e. The van der Waals surface area contributed by atoms with Gasteiger partial charge in [0.25, 0.3) is 5.56 Å². The first kappa shape index (κ1) is 27.3. The maximum absolute atomic E-state index is 13.5. The minimum atomic E-state index is -0.406. The van der Waals surface area contributed by atoms with Crippen LogP contribution in [0.4, 0.5) is 0 Å². The Hall–Kier alpha value is -3.71. The number of rotatable bonds is 8. The summed E-state index contributed by atoms with van der Waals surface area (Å²) in [7, 11) is 1.61. The highest BCUT2D eigenvalue weighted by Crippen LogP contribution is 2.34. The predicted octanol–water partition coefficient (Wildman–Crippen LogP) is 6.96. The molecule has 0 radical (unpaired) electrons. The van der Waals surface area contributed by atoms with E-state index in [0.717, 1.165) is 21.2 Å². The smallest absolute Gasteiger partial charge is 0.282 e. The highest BCUT2D eigenvalue weighted by Gasteiger charge is 2.23. The molecule has 0 bridgehead atoms. The van der Waals surface area contributed by atoms with Crippen molar-refractivity contribution in [3.8, 4) is 11.5 Å². The second-order valence-electron chi connectivity index (χ2n) is 10.2. The van der Waals surface area contributed by atoms with Crippen molar-refractivity contribution in [2.24, 2.45) is 5.10 Å². The number of hydrogen-bond donors (Lipinski definition) is 0. The molecule has 1 aromatic heterocycles. The van der Waals surface area contributed by atoms with E-state index in [2.05, 4.69) is 58.8 Å². The van der Waals surface area contributed by atoms with Crippen LogP contribution >= 0.6 is 15.9 Å². The van der Waals surface area contributed by atoms with Crippen LogP contribution < -0.4 is 15.0 Å². The van der Waals surface area contributed by atoms with Gasteiger partial charge in [0.1, 0.15) is 12.4 Å². The Bertz CT molecular complexity index is 1570. The van der Waals surface area contributed by atoms with Crippen molar-refractivity contribution in [1.82, 2.24) is 9.66 Å². The summed E-state index contributed by atoms with van der Waals surface area (Å²) >= 11 is 3.45. The molecule has 0 aliphatic carbocycles. The third-order valence-corrected chi connectivity index (χ3v) is 6.54. The first-order valence-electron chi connectivity index (χ1n) is 12.4. The van der Waals surface area contributed by atoms with Crippen molar-refractivity contribution in [2.75, 3.05) is 7.11 Å². The molecule has 0 spiro atoms. The van der Waals surface area contributed by atoms with Gasteiger partial charge in [-0.05, 0) is 54.8 Å². The van der Waals surface area contributed by atoms with Crippen molar-refractivity contribution >= 4 is 33.0 Å². The number of hydrogen-bond acceptors (Lipinski definition) is 5. The van der Waals surface area contributed by atoms with Gasteiger partial charge in [0, 0.05) is 15.5 Å². The van der Waals surface area contributed by atoms with E-state index in [0.29, 0.717) is 41.3 Å². The highest BCUT2D eigenvalue weighted by atomic mass is 79.9. The van der Waals surface area contributed by atoms with Gasteiger partial charge in [-0.1, -0.05) is 72.6 Å². The largest absolute Gasteiger partial charge is 0.493 e. The van der Waals surface area contributed by atoms with Crippen molar-refractivity contribution in [3.05, 3.63) is 110 Å². The predicted molar refractivity (Wildman–Crippen MR) is 158 cm³/mol. The zero-order valence-corrected chi connectivity index (χ0v) is 24.0. The summed E-state index contributed by atoms with van der Waals surface area (Å²) in [5.41, 5.74) is 3.95. The molecule has 1 heterocycles. The van der Waals surface area contributed by atoms with E-state index in [9.17, 15) is 4.79 Å². The lowest BCUT2D eigenvalue weighted by molar-refractivity contribution is 0.282. The summed E-state index contributed by atoms with van der Waals surface area (Å²) in [4.78, 5) is 18.3. The van der Waals surface area contributed by atoms with Gasteiger partial charge >= 0.3 is 0 Å². The lowest BCUT2D eigenvalue weighted by atomic mass is 9.95. The third kappa shape index (κ3) is 6.05. The number of nitrogens with zero attached hydrogens (tertiary/aromatic N) is 3. The van der Waals surface area contributed by atoms with Crippen molar-refractivity contribution in [1.29, 1.82) is 0 Å². The van der Waals surface area contributed by atoms with Crippen LogP contribution in [0.2, 0.25) is 0 Å². The molecule has 0 saturated heterocycles. The summed E-state index contributed by atoms with van der Waals surface area (Å²) in [6, 6.07) is 17.6. The average Bonchev–Trinajstić information content (AvgIpc) is 2.88. The second kappa shape index (κ2) is 11.4. The van der Waals surface area contributed by atoms with Gasteiger partial charge in [0.05, 0.1) is 24.2 Å². The second-order valence-corrected chi connectivity index (χ2v) is 11.1. The van der Waals surface area contributed by atoms with E-state index in [1.807, 2.05) is 51.1 Å². The topological polar surface area (TPSA) is 65.7 Å². The first-order chi connectivity index (χ1) is 18.1. The van der Waals surface area contributed by atoms with Gasteiger partial charge in [0.2, 0.25) is 0 Å². The summed E-state index contributed by atoms with van der Waals surface area (Å²) < 4.78 is 14.1. The Kier molecular flexibility index (Phi) is 8.17. The normalized spacial score (nSPS) is 11.7. The Labute approximate surface area is 231 Å². The molecular formula is C31H32BrN3O3. The van der Waals surface area contributed by atoms with Gasteiger partial charge in [-0.25, -0.2) is 4.98 Å². The Morgan fingerprint density at radius 2 is 1.84 bits per heavy atom. The molecule has 7 heteroatoms. The fraction of sp³-hybridized carbons (Fsp3) is 0.258. The zero-order chi connectivity index (χ0) is 27.4. The number of aryl methyl sites for hydroxylation is 1. The molecule has 0 N–H and O–H groups in total. The van der Waals surface area contributed by atoms with Crippen LogP contribution in [0, 0.1) is 6.92 Å². The Morgan fingerprint density at radius 1 is 1.11 bits per heavy atom. The number of benzene rings is 3. The van der Waals surface area contributed by atoms with Gasteiger partial charge in [0.15, 0.2) is 11.5 Å². The van der Waals surface area contributed by atoms with Crippen molar-refractivity contribution in [2.45, 2.75) is 46.1 Å². The monoisotopic (exact) mass is 573 g/mol. The molecule has 4 aromatic rings. The number of halogens is 1. The van der Waals surface area contributed by atoms with Gasteiger partial charge in [-0.2, -0.15) is 9.78 Å². The van der Waals surface area contributed by atoms with Gasteiger partial charge in [-0.15, -0.1) is 6.58 Å². The van der Waals surface area contributed by atoms with E-state index in [4.69, 9.17) is 14.5 Å². The van der Waals surface area contributed by atoms with Crippen LogP contribution in [0.25, 0.3) is 10.9 Å². The average molecular weight is 575 g/mol. The standard InChI is InChI=1S/C31H32BrN3O3/c1-7-8-23-15-22(16-27(37-6)28(23)38-19-21-11-9-20(2)10-12-21)18-33-35-29(36)25-17-24(32)13-14-26(25)34-30(35)31(3,4)5/h7,9-18H,1,8,19H2,2-6H3. The molecular weight excluding hydrogens is 542 g/mol. The van der Waals surface area contributed by atoms with Crippen LogP contribution in [0.15, 0.2) is 81.6 Å². The van der Waals surface area contributed by atoms with E-state index in [1.165, 1.54) is 10.2 Å². The first-order valence-corrected chi connectivity index (χ1v) is 13.2. The lowest BCUT2D eigenvalue weighted by Crippen LogP contribution is -2.29. The van der Waals surface area contributed by atoms with E-state index in [-0.39, 0.29) is 5.56 Å². The molecule has 6 nitrogen and oxygen atoms in total. The zero-order valence-electron chi connectivity index (χ0n) is 22.4. The fourth-order valence-corrected chi connectivity index (χ4v) is 4.45. The molecule has 0 atom stereocenters. The lowest BCUT2D eigenvalue weighted by Gasteiger charge is -2.21. The van der Waals surface area contributed by atoms with Crippen molar-refractivity contribution in [3.63, 3.8) is 0 Å². The molecule has 4 rings (SSSR count). The molecule has 0 fully saturated rings. The van der Waals surface area contributed by atoms with E-state index >= 15 is 0 Å². The minimum absolute atomic E-state index is 0.228. The summed E-state index contributed by atoms with van der Waals surface area (Å²) in [6.07, 6.45) is 4.06. The fourth-order valence-electron chi connectivity index (χ4n) is 4.09.